The second kappa shape index (κ2) is 9.43. The van der Waals surface area contributed by atoms with Crippen molar-refractivity contribution in [2.45, 2.75) is 76.4 Å². The Kier molecular flexibility index (Phi) is 6.44. The molecule has 0 atom stereocenters. The maximum absolute atomic E-state index is 5.58. The summed E-state index contributed by atoms with van der Waals surface area (Å²) in [6.45, 7) is 11.2. The molecule has 5 rings (SSSR count). The molecule has 2 aliphatic heterocycles. The van der Waals surface area contributed by atoms with Crippen LogP contribution in [0, 0.1) is 0 Å². The lowest BCUT2D eigenvalue weighted by molar-refractivity contribution is 0.0631. The van der Waals surface area contributed by atoms with E-state index in [0.29, 0.717) is 18.0 Å². The Morgan fingerprint density at radius 2 is 1.74 bits per heavy atom. The number of H-pyrrole nitrogens is 1. The van der Waals surface area contributed by atoms with Crippen molar-refractivity contribution in [1.29, 1.82) is 0 Å². The minimum atomic E-state index is 0.503. The normalized spacial score (nSPS) is 27.2. The number of aromatic nitrogens is 3. The smallest absolute Gasteiger partial charge is 0.143 e. The Bertz CT molecular complexity index is 845. The monoisotopic (exact) mass is 426 g/mol. The van der Waals surface area contributed by atoms with E-state index in [1.165, 1.54) is 62.8 Å². The van der Waals surface area contributed by atoms with Crippen LogP contribution in [0.3, 0.4) is 0 Å². The molecule has 2 aromatic rings. The van der Waals surface area contributed by atoms with Crippen LogP contribution in [-0.2, 0) is 4.74 Å². The van der Waals surface area contributed by atoms with Gasteiger partial charge in [-0.3, -0.25) is 9.80 Å². The quantitative estimate of drug-likeness (QED) is 0.761. The molecule has 0 radical (unpaired) electrons. The Balaban J connectivity index is 1.21. The molecule has 7 heteroatoms. The topological polar surface area (TPSA) is 69.3 Å². The summed E-state index contributed by atoms with van der Waals surface area (Å²) in [6, 6.07) is 1.93. The van der Waals surface area contributed by atoms with Gasteiger partial charge in [0, 0.05) is 63.7 Å². The van der Waals surface area contributed by atoms with Gasteiger partial charge in [-0.2, -0.15) is 0 Å². The fourth-order valence-corrected chi connectivity index (χ4v) is 5.82. The summed E-state index contributed by atoms with van der Waals surface area (Å²) in [5.74, 6) is 1.55. The fraction of sp³-hybridized carbons (Fsp3) is 0.750. The molecular weight excluding hydrogens is 388 g/mol. The third kappa shape index (κ3) is 4.59. The summed E-state index contributed by atoms with van der Waals surface area (Å²) in [5.41, 5.74) is 2.31. The Morgan fingerprint density at radius 3 is 2.45 bits per heavy atom. The van der Waals surface area contributed by atoms with Crippen LogP contribution in [0.15, 0.2) is 12.5 Å². The molecule has 0 amide bonds. The highest BCUT2D eigenvalue weighted by Gasteiger charge is 2.30. The van der Waals surface area contributed by atoms with Crippen LogP contribution < -0.4 is 5.32 Å². The van der Waals surface area contributed by atoms with Crippen molar-refractivity contribution < 1.29 is 4.74 Å². The van der Waals surface area contributed by atoms with E-state index in [1.54, 1.807) is 6.33 Å². The second-order valence-electron chi connectivity index (χ2n) is 9.89. The van der Waals surface area contributed by atoms with Crippen molar-refractivity contribution in [3.8, 4) is 0 Å². The molecule has 0 spiro atoms. The molecule has 3 fully saturated rings. The first-order valence-electron chi connectivity index (χ1n) is 12.3. The highest BCUT2D eigenvalue weighted by Crippen LogP contribution is 2.36. The SMILES string of the molecule is CC(C)N1CCN(C2CCC(Nc3ncnc4[nH]cc(C5CCOCC5)c34)CC2)CC1. The number of hydrogen-bond acceptors (Lipinski definition) is 6. The van der Waals surface area contributed by atoms with E-state index in [9.17, 15) is 0 Å². The summed E-state index contributed by atoms with van der Waals surface area (Å²) in [4.78, 5) is 17.9. The predicted octanol–water partition coefficient (Wildman–Crippen LogP) is 3.60. The van der Waals surface area contributed by atoms with Crippen molar-refractivity contribution in [1.82, 2.24) is 24.8 Å². The van der Waals surface area contributed by atoms with Crippen LogP contribution in [0.4, 0.5) is 5.82 Å². The largest absolute Gasteiger partial charge is 0.381 e. The number of rotatable bonds is 5. The molecule has 4 heterocycles. The first-order valence-corrected chi connectivity index (χ1v) is 12.3. The maximum atomic E-state index is 5.58. The number of fused-ring (bicyclic) bond motifs is 1. The molecule has 1 saturated carbocycles. The van der Waals surface area contributed by atoms with Gasteiger partial charge in [0.1, 0.15) is 17.8 Å². The van der Waals surface area contributed by atoms with E-state index in [0.717, 1.165) is 43.6 Å². The first-order chi connectivity index (χ1) is 15.2. The maximum Gasteiger partial charge on any atom is 0.143 e. The molecule has 7 nitrogen and oxygen atoms in total. The van der Waals surface area contributed by atoms with E-state index in [4.69, 9.17) is 4.74 Å². The fourth-order valence-electron chi connectivity index (χ4n) is 5.82. The molecular formula is C24H38N6O. The standard InChI is InChI=1S/C24H38N6O/c1-17(2)29-9-11-30(12-10-29)20-5-3-19(4-6-20)28-24-22-21(18-7-13-31-14-8-18)15-25-23(22)26-16-27-24/h15-20H,3-14H2,1-2H3,(H2,25,26,27,28). The minimum absolute atomic E-state index is 0.503. The highest BCUT2D eigenvalue weighted by molar-refractivity contribution is 5.90. The zero-order valence-electron chi connectivity index (χ0n) is 19.1. The van der Waals surface area contributed by atoms with Crippen LogP contribution in [0.1, 0.15) is 63.9 Å². The lowest BCUT2D eigenvalue weighted by Crippen LogP contribution is -2.53. The Morgan fingerprint density at radius 1 is 1.00 bits per heavy atom. The summed E-state index contributed by atoms with van der Waals surface area (Å²) in [5, 5.41) is 5.00. The van der Waals surface area contributed by atoms with Crippen molar-refractivity contribution in [2.24, 2.45) is 0 Å². The minimum Gasteiger partial charge on any atom is -0.381 e. The average Bonchev–Trinajstić information content (AvgIpc) is 3.26. The van der Waals surface area contributed by atoms with Crippen molar-refractivity contribution in [2.75, 3.05) is 44.7 Å². The number of nitrogens with one attached hydrogen (secondary N) is 2. The summed E-state index contributed by atoms with van der Waals surface area (Å²) >= 11 is 0. The van der Waals surface area contributed by atoms with E-state index >= 15 is 0 Å². The van der Waals surface area contributed by atoms with E-state index in [-0.39, 0.29) is 0 Å². The van der Waals surface area contributed by atoms with Gasteiger partial charge in [0.2, 0.25) is 0 Å². The number of ether oxygens (including phenoxy) is 1. The van der Waals surface area contributed by atoms with E-state index in [1.807, 2.05) is 0 Å². The van der Waals surface area contributed by atoms with E-state index in [2.05, 4.69) is 50.1 Å². The van der Waals surface area contributed by atoms with E-state index < -0.39 is 0 Å². The molecule has 3 aliphatic rings. The Hall–Kier alpha value is -1.70. The summed E-state index contributed by atoms with van der Waals surface area (Å²) in [7, 11) is 0. The van der Waals surface area contributed by atoms with Crippen LogP contribution in [0.5, 0.6) is 0 Å². The van der Waals surface area contributed by atoms with Crippen LogP contribution in [-0.4, -0.2) is 82.3 Å². The van der Waals surface area contributed by atoms with Crippen LogP contribution >= 0.6 is 0 Å². The average molecular weight is 427 g/mol. The second-order valence-corrected chi connectivity index (χ2v) is 9.89. The Labute approximate surface area is 185 Å². The predicted molar refractivity (Wildman–Crippen MR) is 125 cm³/mol. The molecule has 1 aliphatic carbocycles. The summed E-state index contributed by atoms with van der Waals surface area (Å²) in [6.07, 6.45) is 11.0. The number of hydrogen-bond donors (Lipinski definition) is 2. The summed E-state index contributed by atoms with van der Waals surface area (Å²) < 4.78 is 5.58. The number of aromatic amines is 1. The zero-order valence-corrected chi connectivity index (χ0v) is 19.1. The van der Waals surface area contributed by atoms with Crippen molar-refractivity contribution in [3.05, 3.63) is 18.1 Å². The first kappa shape index (κ1) is 21.2. The molecule has 31 heavy (non-hydrogen) atoms. The molecule has 2 N–H and O–H groups in total. The zero-order chi connectivity index (χ0) is 21.2. The lowest BCUT2D eigenvalue weighted by Gasteiger charge is -2.43. The third-order valence-electron chi connectivity index (χ3n) is 7.79. The van der Waals surface area contributed by atoms with Crippen LogP contribution in [0.2, 0.25) is 0 Å². The van der Waals surface area contributed by atoms with Crippen molar-refractivity contribution in [3.63, 3.8) is 0 Å². The number of nitrogens with zero attached hydrogens (tertiary/aromatic N) is 4. The lowest BCUT2D eigenvalue weighted by atomic mass is 9.89. The highest BCUT2D eigenvalue weighted by atomic mass is 16.5. The van der Waals surface area contributed by atoms with Crippen molar-refractivity contribution >= 4 is 16.9 Å². The molecule has 2 saturated heterocycles. The molecule has 170 valence electrons. The molecule has 0 unspecified atom stereocenters. The van der Waals surface area contributed by atoms with Gasteiger partial charge >= 0.3 is 0 Å². The molecule has 2 aromatic heterocycles. The van der Waals surface area contributed by atoms with Gasteiger partial charge in [0.05, 0.1) is 5.39 Å². The number of anilines is 1. The van der Waals surface area contributed by atoms with Gasteiger partial charge in [-0.25, -0.2) is 9.97 Å². The van der Waals surface area contributed by atoms with Gasteiger partial charge in [-0.15, -0.1) is 0 Å². The third-order valence-corrected chi connectivity index (χ3v) is 7.79. The van der Waals surface area contributed by atoms with Gasteiger partial charge < -0.3 is 15.0 Å². The molecule has 0 aromatic carbocycles. The number of piperazine rings is 1. The van der Waals surface area contributed by atoms with Crippen LogP contribution in [0.25, 0.3) is 11.0 Å². The van der Waals surface area contributed by atoms with Gasteiger partial charge in [-0.1, -0.05) is 0 Å². The van der Waals surface area contributed by atoms with Gasteiger partial charge in [0.15, 0.2) is 0 Å². The van der Waals surface area contributed by atoms with Gasteiger partial charge in [-0.05, 0) is 63.9 Å². The van der Waals surface area contributed by atoms with Gasteiger partial charge in [0.25, 0.3) is 0 Å². The molecule has 0 bridgehead atoms.